The number of benzene rings is 3. The maximum atomic E-state index is 13.9. The molecule has 1 N–H and O–H groups in total. The van der Waals surface area contributed by atoms with E-state index in [1.54, 1.807) is 4.90 Å². The Bertz CT molecular complexity index is 1210. The summed E-state index contributed by atoms with van der Waals surface area (Å²) in [5, 5.41) is 2.87. The molecule has 0 aromatic heterocycles. The molecule has 3 aromatic rings. The number of carbonyl (C=O) groups excluding carboxylic acids is 2. The van der Waals surface area contributed by atoms with Crippen molar-refractivity contribution in [3.05, 3.63) is 90.0 Å². The molecule has 33 heavy (non-hydrogen) atoms. The molecular formula is C27H24N2O4. The van der Waals surface area contributed by atoms with Crippen molar-refractivity contribution >= 4 is 29.3 Å². The normalized spacial score (nSPS) is 16.7. The van der Waals surface area contributed by atoms with Gasteiger partial charge in [0, 0.05) is 30.4 Å². The first-order valence-corrected chi connectivity index (χ1v) is 11.0. The van der Waals surface area contributed by atoms with Crippen LogP contribution in [0.5, 0.6) is 11.5 Å². The number of hydrogen-bond acceptors (Lipinski definition) is 4. The summed E-state index contributed by atoms with van der Waals surface area (Å²) < 4.78 is 11.4. The predicted octanol–water partition coefficient (Wildman–Crippen LogP) is 4.63. The van der Waals surface area contributed by atoms with Gasteiger partial charge in [-0.1, -0.05) is 60.7 Å². The van der Waals surface area contributed by atoms with Crippen LogP contribution in [-0.4, -0.2) is 31.6 Å². The largest absolute Gasteiger partial charge is 0.486 e. The van der Waals surface area contributed by atoms with Gasteiger partial charge in [-0.25, -0.2) is 0 Å². The summed E-state index contributed by atoms with van der Waals surface area (Å²) >= 11 is 0. The first-order chi connectivity index (χ1) is 16.2. The van der Waals surface area contributed by atoms with Gasteiger partial charge in [0.05, 0.1) is 5.92 Å². The van der Waals surface area contributed by atoms with E-state index in [0.717, 1.165) is 11.1 Å². The van der Waals surface area contributed by atoms with Gasteiger partial charge in [-0.15, -0.1) is 0 Å². The number of carbonyl (C=O) groups is 2. The Hall–Kier alpha value is -4.06. The van der Waals surface area contributed by atoms with Crippen LogP contribution in [0.1, 0.15) is 23.5 Å². The Morgan fingerprint density at radius 3 is 2.58 bits per heavy atom. The van der Waals surface area contributed by atoms with Crippen molar-refractivity contribution in [2.45, 2.75) is 12.3 Å². The Balaban J connectivity index is 1.49. The van der Waals surface area contributed by atoms with Crippen LogP contribution in [0, 0.1) is 0 Å². The first-order valence-electron chi connectivity index (χ1n) is 11.0. The van der Waals surface area contributed by atoms with E-state index < -0.39 is 5.92 Å². The van der Waals surface area contributed by atoms with Crippen LogP contribution >= 0.6 is 0 Å². The van der Waals surface area contributed by atoms with Gasteiger partial charge in [0.2, 0.25) is 11.8 Å². The summed E-state index contributed by atoms with van der Waals surface area (Å²) in [4.78, 5) is 27.9. The van der Waals surface area contributed by atoms with Gasteiger partial charge in [-0.2, -0.15) is 0 Å². The molecule has 2 aliphatic rings. The molecule has 0 saturated heterocycles. The van der Waals surface area contributed by atoms with Gasteiger partial charge in [-0.05, 0) is 29.3 Å². The average Bonchev–Trinajstić information content (AvgIpc) is 2.86. The zero-order valence-corrected chi connectivity index (χ0v) is 18.1. The minimum atomic E-state index is -0.562. The Labute approximate surface area is 192 Å². The topological polar surface area (TPSA) is 67.9 Å². The summed E-state index contributed by atoms with van der Waals surface area (Å²) in [6.07, 6.45) is 4.05. The Morgan fingerprint density at radius 2 is 1.73 bits per heavy atom. The minimum absolute atomic E-state index is 0.110. The highest BCUT2D eigenvalue weighted by molar-refractivity contribution is 6.06. The highest BCUT2D eigenvalue weighted by Crippen LogP contribution is 2.37. The van der Waals surface area contributed by atoms with Crippen molar-refractivity contribution in [1.29, 1.82) is 0 Å². The number of nitrogens with zero attached hydrogens (tertiary/aromatic N) is 1. The SMILES string of the molecule is O=C1CC(C(=O)N(CC=Cc2ccccc2)c2ccc3c(c2)OCCO3)c2ccccc2N1. The van der Waals surface area contributed by atoms with Crippen molar-refractivity contribution in [2.24, 2.45) is 0 Å². The maximum absolute atomic E-state index is 13.9. The third kappa shape index (κ3) is 4.46. The van der Waals surface area contributed by atoms with Crippen LogP contribution in [0.2, 0.25) is 0 Å². The molecule has 1 atom stereocenters. The second-order valence-electron chi connectivity index (χ2n) is 7.98. The fourth-order valence-corrected chi connectivity index (χ4v) is 4.20. The zero-order valence-electron chi connectivity index (χ0n) is 18.1. The molecular weight excluding hydrogens is 416 g/mol. The van der Waals surface area contributed by atoms with Gasteiger partial charge < -0.3 is 19.7 Å². The van der Waals surface area contributed by atoms with E-state index in [1.165, 1.54) is 0 Å². The maximum Gasteiger partial charge on any atom is 0.235 e. The quantitative estimate of drug-likeness (QED) is 0.628. The van der Waals surface area contributed by atoms with Crippen LogP contribution in [0.3, 0.4) is 0 Å². The van der Waals surface area contributed by atoms with Crippen molar-refractivity contribution in [1.82, 2.24) is 0 Å². The molecule has 0 spiro atoms. The first kappa shape index (κ1) is 20.8. The van der Waals surface area contributed by atoms with E-state index >= 15 is 0 Å². The Morgan fingerprint density at radius 1 is 0.970 bits per heavy atom. The minimum Gasteiger partial charge on any atom is -0.486 e. The number of ether oxygens (including phenoxy) is 2. The monoisotopic (exact) mass is 440 g/mol. The van der Waals surface area contributed by atoms with Crippen LogP contribution in [-0.2, 0) is 9.59 Å². The zero-order chi connectivity index (χ0) is 22.6. The average molecular weight is 440 g/mol. The molecule has 166 valence electrons. The van der Waals surface area contributed by atoms with Crippen LogP contribution in [0.4, 0.5) is 11.4 Å². The summed E-state index contributed by atoms with van der Waals surface area (Å²) in [6.45, 7) is 1.32. The van der Waals surface area contributed by atoms with Gasteiger partial charge in [0.25, 0.3) is 0 Å². The van der Waals surface area contributed by atoms with E-state index in [1.807, 2.05) is 84.9 Å². The summed E-state index contributed by atoms with van der Waals surface area (Å²) in [5.74, 6) is 0.430. The lowest BCUT2D eigenvalue weighted by Gasteiger charge is -2.31. The van der Waals surface area contributed by atoms with Crippen LogP contribution in [0.15, 0.2) is 78.9 Å². The van der Waals surface area contributed by atoms with Crippen molar-refractivity contribution in [3.8, 4) is 11.5 Å². The third-order valence-electron chi connectivity index (χ3n) is 5.80. The van der Waals surface area contributed by atoms with Gasteiger partial charge >= 0.3 is 0 Å². The molecule has 0 saturated carbocycles. The lowest BCUT2D eigenvalue weighted by Crippen LogP contribution is -2.39. The van der Waals surface area contributed by atoms with E-state index in [0.29, 0.717) is 42.6 Å². The molecule has 6 nitrogen and oxygen atoms in total. The Kier molecular flexibility index (Phi) is 5.81. The number of amides is 2. The van der Waals surface area contributed by atoms with Gasteiger partial charge in [0.1, 0.15) is 13.2 Å². The smallest absolute Gasteiger partial charge is 0.235 e. The van der Waals surface area contributed by atoms with Crippen molar-refractivity contribution in [2.75, 3.05) is 30.0 Å². The second kappa shape index (κ2) is 9.20. The fourth-order valence-electron chi connectivity index (χ4n) is 4.20. The second-order valence-corrected chi connectivity index (χ2v) is 7.98. The molecule has 5 rings (SSSR count). The number of anilines is 2. The van der Waals surface area contributed by atoms with E-state index in [9.17, 15) is 9.59 Å². The van der Waals surface area contributed by atoms with Crippen LogP contribution < -0.4 is 19.7 Å². The molecule has 2 heterocycles. The van der Waals surface area contributed by atoms with Crippen molar-refractivity contribution < 1.29 is 19.1 Å². The number of fused-ring (bicyclic) bond motifs is 2. The number of rotatable bonds is 5. The molecule has 2 aliphatic heterocycles. The molecule has 0 fully saturated rings. The fraction of sp³-hybridized carbons (Fsp3) is 0.185. The molecule has 1 unspecified atom stereocenters. The van der Waals surface area contributed by atoms with E-state index in [-0.39, 0.29) is 18.2 Å². The molecule has 3 aromatic carbocycles. The summed E-state index contributed by atoms with van der Waals surface area (Å²) in [7, 11) is 0. The standard InChI is InChI=1S/C27H24N2O4/c30-26-18-22(21-10-4-5-11-23(21)28-26)27(31)29(14-6-9-19-7-2-1-3-8-19)20-12-13-24-25(17-20)33-16-15-32-24/h1-13,17,22H,14-16,18H2,(H,28,30). The van der Waals surface area contributed by atoms with Crippen molar-refractivity contribution in [3.63, 3.8) is 0 Å². The number of hydrogen-bond donors (Lipinski definition) is 1. The lowest BCUT2D eigenvalue weighted by molar-refractivity contribution is -0.124. The predicted molar refractivity (Wildman–Crippen MR) is 128 cm³/mol. The molecule has 2 amide bonds. The highest BCUT2D eigenvalue weighted by atomic mass is 16.6. The summed E-state index contributed by atoms with van der Waals surface area (Å²) in [6, 6.07) is 22.9. The molecule has 0 bridgehead atoms. The third-order valence-corrected chi connectivity index (χ3v) is 5.80. The van der Waals surface area contributed by atoms with Gasteiger partial charge in [0.15, 0.2) is 11.5 Å². The van der Waals surface area contributed by atoms with E-state index in [4.69, 9.17) is 9.47 Å². The highest BCUT2D eigenvalue weighted by Gasteiger charge is 2.34. The number of nitrogens with one attached hydrogen (secondary N) is 1. The van der Waals surface area contributed by atoms with E-state index in [2.05, 4.69) is 5.32 Å². The summed E-state index contributed by atoms with van der Waals surface area (Å²) in [5.41, 5.74) is 3.27. The number of para-hydroxylation sites is 1. The molecule has 0 radical (unpaired) electrons. The van der Waals surface area contributed by atoms with Gasteiger partial charge in [-0.3, -0.25) is 9.59 Å². The lowest BCUT2D eigenvalue weighted by atomic mass is 9.89. The molecule has 6 heteroatoms. The van der Waals surface area contributed by atoms with Crippen LogP contribution in [0.25, 0.3) is 6.08 Å². The molecule has 0 aliphatic carbocycles.